The van der Waals surface area contributed by atoms with Gasteiger partial charge in [0.2, 0.25) is 0 Å². The molecule has 0 radical (unpaired) electrons. The third kappa shape index (κ3) is 6.68. The molecule has 0 atom stereocenters. The number of nitrogens with zero attached hydrogens (tertiary/aromatic N) is 1. The highest BCUT2D eigenvalue weighted by molar-refractivity contribution is 6.75. The summed E-state index contributed by atoms with van der Waals surface area (Å²) in [5.41, 5.74) is 0. The van der Waals surface area contributed by atoms with Crippen molar-refractivity contribution in [3.63, 3.8) is 0 Å². The number of pyridine rings is 1. The number of rotatable bonds is 3. The Labute approximate surface area is 130 Å². The smallest absolute Gasteiger partial charge is 0.432 e. The van der Waals surface area contributed by atoms with Crippen LogP contribution >= 0.6 is 0 Å². The number of hydrogen-bond acceptors (Lipinski definition) is 4. The minimum atomic E-state index is -0.140. The van der Waals surface area contributed by atoms with E-state index in [1.54, 1.807) is 12.4 Å². The summed E-state index contributed by atoms with van der Waals surface area (Å²) < 4.78 is 17.2. The molecule has 1 saturated heterocycles. The second kappa shape index (κ2) is 9.28. The molecule has 1 aliphatic rings. The van der Waals surface area contributed by atoms with Gasteiger partial charge in [0.25, 0.3) is 0 Å². The van der Waals surface area contributed by atoms with Crippen molar-refractivity contribution in [2.75, 3.05) is 0 Å². The lowest BCUT2D eigenvalue weighted by Gasteiger charge is -2.35. The quantitative estimate of drug-likeness (QED) is 0.793. The molecule has 0 spiro atoms. The summed E-state index contributed by atoms with van der Waals surface area (Å²) in [6.45, 7) is 12.6. The van der Waals surface area contributed by atoms with Gasteiger partial charge >= 0.3 is 21.4 Å². The van der Waals surface area contributed by atoms with Gasteiger partial charge in [-0.2, -0.15) is 0 Å². The summed E-state index contributed by atoms with van der Waals surface area (Å²) in [5, 5.41) is 0. The first-order valence-electron chi connectivity index (χ1n) is 7.73. The fourth-order valence-corrected chi connectivity index (χ4v) is 1.75. The lowest BCUT2D eigenvalue weighted by atomic mass is 9.57. The largest absolute Gasteiger partial charge is 0.452 e. The summed E-state index contributed by atoms with van der Waals surface area (Å²) in [6.07, 6.45) is 3.50. The van der Waals surface area contributed by atoms with Crippen molar-refractivity contribution in [1.29, 1.82) is 0 Å². The predicted molar refractivity (Wildman–Crippen MR) is 90.0 cm³/mol. The lowest BCUT2D eigenvalue weighted by Crippen LogP contribution is -2.52. The zero-order chi connectivity index (χ0) is 15.8. The van der Waals surface area contributed by atoms with E-state index in [9.17, 15) is 0 Å². The third-order valence-electron chi connectivity index (χ3n) is 3.00. The molecule has 0 amide bonds. The Morgan fingerprint density at radius 1 is 0.619 bits per heavy atom. The molecule has 0 unspecified atom stereocenters. The molecule has 7 heteroatoms. The van der Waals surface area contributed by atoms with E-state index in [0.29, 0.717) is 17.5 Å². The maximum absolute atomic E-state index is 5.75. The second-order valence-corrected chi connectivity index (χ2v) is 6.27. The topological polar surface area (TPSA) is 40.6 Å². The molecule has 114 valence electrons. The molecule has 2 heterocycles. The summed E-state index contributed by atoms with van der Waals surface area (Å²) in [5.74, 6) is 1.07. The van der Waals surface area contributed by atoms with Crippen LogP contribution in [0.15, 0.2) is 30.6 Å². The number of aromatic nitrogens is 1. The molecule has 0 saturated carbocycles. The third-order valence-corrected chi connectivity index (χ3v) is 3.00. The molecule has 2 rings (SSSR count). The molecule has 1 aromatic heterocycles. The summed E-state index contributed by atoms with van der Waals surface area (Å²) in [4.78, 5) is 3.78. The van der Waals surface area contributed by atoms with Gasteiger partial charge in [-0.1, -0.05) is 47.6 Å². The fourth-order valence-electron chi connectivity index (χ4n) is 1.75. The summed E-state index contributed by atoms with van der Waals surface area (Å²) >= 11 is 0. The standard InChI is InChI=1S/C9H21B3O3.C5H5N/c1-7(2)10-13-11(8(3)4)15-12(14-10)9(5)6;1-2-4-6-5-3-1/h7-9H,1-6H3;1-5H. The van der Waals surface area contributed by atoms with Gasteiger partial charge in [-0.05, 0) is 29.6 Å². The van der Waals surface area contributed by atoms with Gasteiger partial charge in [-0.25, -0.2) is 0 Å². The Balaban J connectivity index is 0.000000304. The van der Waals surface area contributed by atoms with Crippen LogP contribution in [0.5, 0.6) is 0 Å². The zero-order valence-corrected chi connectivity index (χ0v) is 14.0. The van der Waals surface area contributed by atoms with Crippen molar-refractivity contribution in [3.05, 3.63) is 30.6 Å². The van der Waals surface area contributed by atoms with Gasteiger partial charge in [0.15, 0.2) is 0 Å². The molecule has 0 bridgehead atoms. The van der Waals surface area contributed by atoms with Crippen molar-refractivity contribution in [2.45, 2.75) is 59.0 Å². The molecule has 1 aliphatic heterocycles. The van der Waals surface area contributed by atoms with Crippen LogP contribution in [0.1, 0.15) is 41.5 Å². The second-order valence-electron chi connectivity index (χ2n) is 6.27. The van der Waals surface area contributed by atoms with E-state index in [0.717, 1.165) is 0 Å². The minimum Gasteiger partial charge on any atom is -0.452 e. The molecule has 0 aliphatic carbocycles. The van der Waals surface area contributed by atoms with E-state index >= 15 is 0 Å². The Kier molecular flexibility index (Phi) is 8.08. The highest BCUT2D eigenvalue weighted by Gasteiger charge is 2.44. The van der Waals surface area contributed by atoms with E-state index in [1.165, 1.54) is 0 Å². The Bertz CT molecular complexity index is 313. The van der Waals surface area contributed by atoms with Crippen molar-refractivity contribution in [3.8, 4) is 0 Å². The molecule has 0 N–H and O–H groups in total. The minimum absolute atomic E-state index is 0.140. The van der Waals surface area contributed by atoms with Crippen LogP contribution in [-0.4, -0.2) is 26.3 Å². The molecule has 21 heavy (non-hydrogen) atoms. The Morgan fingerprint density at radius 2 is 0.952 bits per heavy atom. The zero-order valence-electron chi connectivity index (χ0n) is 14.0. The van der Waals surface area contributed by atoms with E-state index in [-0.39, 0.29) is 21.4 Å². The van der Waals surface area contributed by atoms with Gasteiger partial charge in [0.05, 0.1) is 0 Å². The predicted octanol–water partition coefficient (Wildman–Crippen LogP) is 3.83. The molecule has 4 nitrogen and oxygen atoms in total. The lowest BCUT2D eigenvalue weighted by molar-refractivity contribution is 0.261. The summed E-state index contributed by atoms with van der Waals surface area (Å²) in [6, 6.07) is 5.72. The average molecular weight is 289 g/mol. The normalized spacial score (nSPS) is 15.6. The molecular formula is C14H26B3NO3. The maximum atomic E-state index is 5.75. The van der Waals surface area contributed by atoms with Crippen LogP contribution in [0, 0.1) is 0 Å². The molecule has 0 aromatic carbocycles. The van der Waals surface area contributed by atoms with Crippen LogP contribution in [0.4, 0.5) is 0 Å². The molecule has 1 fully saturated rings. The molecular weight excluding hydrogens is 263 g/mol. The Morgan fingerprint density at radius 3 is 1.10 bits per heavy atom. The van der Waals surface area contributed by atoms with E-state index in [2.05, 4.69) is 46.5 Å². The van der Waals surface area contributed by atoms with Gasteiger partial charge < -0.3 is 13.7 Å². The highest BCUT2D eigenvalue weighted by atomic mass is 16.7. The van der Waals surface area contributed by atoms with Crippen LogP contribution in [0.2, 0.25) is 17.5 Å². The highest BCUT2D eigenvalue weighted by Crippen LogP contribution is 2.27. The van der Waals surface area contributed by atoms with Gasteiger partial charge in [0.1, 0.15) is 0 Å². The fraction of sp³-hybridized carbons (Fsp3) is 0.643. The van der Waals surface area contributed by atoms with Gasteiger partial charge in [-0.15, -0.1) is 0 Å². The van der Waals surface area contributed by atoms with Crippen molar-refractivity contribution in [1.82, 2.24) is 4.98 Å². The SMILES string of the molecule is CC(C)B1OB(C(C)C)OB(C(C)C)O1.c1ccncc1. The van der Waals surface area contributed by atoms with Gasteiger partial charge in [-0.3, -0.25) is 4.98 Å². The van der Waals surface area contributed by atoms with Crippen LogP contribution in [0.25, 0.3) is 0 Å². The van der Waals surface area contributed by atoms with E-state index in [4.69, 9.17) is 13.7 Å². The van der Waals surface area contributed by atoms with Crippen molar-refractivity contribution < 1.29 is 13.7 Å². The first kappa shape index (κ1) is 18.3. The van der Waals surface area contributed by atoms with E-state index in [1.807, 2.05) is 18.2 Å². The maximum Gasteiger partial charge on any atom is 0.432 e. The van der Waals surface area contributed by atoms with Crippen LogP contribution < -0.4 is 0 Å². The van der Waals surface area contributed by atoms with Crippen molar-refractivity contribution >= 4 is 21.4 Å². The first-order valence-corrected chi connectivity index (χ1v) is 7.73. The summed E-state index contributed by atoms with van der Waals surface area (Å²) in [7, 11) is -0.421. The van der Waals surface area contributed by atoms with Crippen molar-refractivity contribution in [2.24, 2.45) is 0 Å². The Hall–Kier alpha value is -0.775. The van der Waals surface area contributed by atoms with Crippen LogP contribution in [-0.2, 0) is 13.7 Å². The van der Waals surface area contributed by atoms with Crippen LogP contribution in [0.3, 0.4) is 0 Å². The van der Waals surface area contributed by atoms with E-state index < -0.39 is 0 Å². The monoisotopic (exact) mass is 289 g/mol. The molecule has 1 aromatic rings. The number of hydrogen-bond donors (Lipinski definition) is 0. The first-order chi connectivity index (χ1) is 9.91. The average Bonchev–Trinajstić information content (AvgIpc) is 2.49. The van der Waals surface area contributed by atoms with Gasteiger partial charge in [0, 0.05) is 12.4 Å².